The Balaban J connectivity index is 1.97. The zero-order valence-electron chi connectivity index (χ0n) is 12.0. The molecule has 0 fully saturated rings. The van der Waals surface area contributed by atoms with E-state index in [2.05, 4.69) is 23.1 Å². The molecule has 2 heterocycles. The van der Waals surface area contributed by atoms with Crippen LogP contribution in [0.15, 0.2) is 48.9 Å². The number of aryl methyl sites for hydroxylation is 2. The molecule has 0 saturated heterocycles. The summed E-state index contributed by atoms with van der Waals surface area (Å²) in [4.78, 5) is 4.53. The summed E-state index contributed by atoms with van der Waals surface area (Å²) >= 11 is 0. The van der Waals surface area contributed by atoms with E-state index in [-0.39, 0.29) is 5.82 Å². The molecule has 0 radical (unpaired) electrons. The predicted molar refractivity (Wildman–Crippen MR) is 81.3 cm³/mol. The van der Waals surface area contributed by atoms with Gasteiger partial charge in [0.2, 0.25) is 0 Å². The maximum Gasteiger partial charge on any atom is 0.123 e. The van der Waals surface area contributed by atoms with E-state index in [4.69, 9.17) is 0 Å². The minimum absolute atomic E-state index is 0.236. The third kappa shape index (κ3) is 2.70. The van der Waals surface area contributed by atoms with Crippen molar-refractivity contribution >= 4 is 0 Å². The third-order valence-electron chi connectivity index (χ3n) is 3.49. The molecule has 2 aromatic heterocycles. The van der Waals surface area contributed by atoms with Crippen molar-refractivity contribution in [1.29, 1.82) is 0 Å². The minimum atomic E-state index is -0.236. The van der Waals surface area contributed by atoms with Crippen LogP contribution in [0.4, 0.5) is 4.39 Å². The lowest BCUT2D eigenvalue weighted by Crippen LogP contribution is -1.92. The van der Waals surface area contributed by atoms with Gasteiger partial charge in [0.1, 0.15) is 5.82 Å². The highest BCUT2D eigenvalue weighted by Gasteiger charge is 2.07. The normalized spacial score (nSPS) is 10.8. The second-order valence-corrected chi connectivity index (χ2v) is 4.98. The minimum Gasteiger partial charge on any atom is -0.272 e. The van der Waals surface area contributed by atoms with Gasteiger partial charge < -0.3 is 0 Å². The molecule has 0 amide bonds. The molecule has 0 aliphatic rings. The molecule has 0 aliphatic carbocycles. The zero-order chi connectivity index (χ0) is 14.8. The Labute approximate surface area is 123 Å². The molecular weight excluding hydrogens is 265 g/mol. The Morgan fingerprint density at radius 3 is 2.43 bits per heavy atom. The van der Waals surface area contributed by atoms with Gasteiger partial charge in [-0.05, 0) is 49.7 Å². The van der Waals surface area contributed by atoms with Gasteiger partial charge >= 0.3 is 0 Å². The molecule has 0 aliphatic heterocycles. The van der Waals surface area contributed by atoms with Gasteiger partial charge in [0.05, 0.1) is 11.9 Å². The van der Waals surface area contributed by atoms with Crippen molar-refractivity contribution in [2.24, 2.45) is 0 Å². The average Bonchev–Trinajstić information content (AvgIpc) is 2.97. The van der Waals surface area contributed by atoms with Gasteiger partial charge in [-0.2, -0.15) is 5.10 Å². The molecule has 0 saturated carbocycles. The Hall–Kier alpha value is -2.49. The van der Waals surface area contributed by atoms with E-state index in [0.29, 0.717) is 0 Å². The van der Waals surface area contributed by atoms with Crippen molar-refractivity contribution in [3.8, 4) is 22.4 Å². The fourth-order valence-corrected chi connectivity index (χ4v) is 2.33. The quantitative estimate of drug-likeness (QED) is 0.724. The first-order valence-electron chi connectivity index (χ1n) is 6.93. The van der Waals surface area contributed by atoms with Crippen LogP contribution in [0.2, 0.25) is 0 Å². The topological polar surface area (TPSA) is 30.7 Å². The number of aromatic nitrogens is 3. The number of nitrogens with zero attached hydrogens (tertiary/aromatic N) is 3. The van der Waals surface area contributed by atoms with Crippen molar-refractivity contribution < 1.29 is 4.39 Å². The van der Waals surface area contributed by atoms with Crippen molar-refractivity contribution in [3.05, 3.63) is 60.3 Å². The van der Waals surface area contributed by atoms with Crippen LogP contribution in [0.5, 0.6) is 0 Å². The van der Waals surface area contributed by atoms with Gasteiger partial charge in [0.15, 0.2) is 0 Å². The summed E-state index contributed by atoms with van der Waals surface area (Å²) in [6.45, 7) is 4.91. The molecule has 0 unspecified atom stereocenters. The van der Waals surface area contributed by atoms with Gasteiger partial charge in [0.25, 0.3) is 0 Å². The molecule has 1 aromatic carbocycles. The first-order chi connectivity index (χ1) is 10.2. The summed E-state index contributed by atoms with van der Waals surface area (Å²) in [6.07, 6.45) is 5.69. The molecule has 3 nitrogen and oxygen atoms in total. The zero-order valence-corrected chi connectivity index (χ0v) is 12.0. The van der Waals surface area contributed by atoms with Crippen molar-refractivity contribution in [2.75, 3.05) is 0 Å². The molecule has 0 bridgehead atoms. The molecule has 106 valence electrons. The van der Waals surface area contributed by atoms with E-state index < -0.39 is 0 Å². The van der Waals surface area contributed by atoms with Crippen LogP contribution in [0.3, 0.4) is 0 Å². The lowest BCUT2D eigenvalue weighted by Gasteiger charge is -2.07. The van der Waals surface area contributed by atoms with Crippen LogP contribution < -0.4 is 0 Å². The maximum atomic E-state index is 13.0. The molecule has 0 N–H and O–H groups in total. The third-order valence-corrected chi connectivity index (χ3v) is 3.49. The number of halogens is 1. The van der Waals surface area contributed by atoms with E-state index in [1.165, 1.54) is 12.1 Å². The van der Waals surface area contributed by atoms with Crippen LogP contribution >= 0.6 is 0 Å². The van der Waals surface area contributed by atoms with Gasteiger partial charge in [0, 0.05) is 35.6 Å². The van der Waals surface area contributed by atoms with E-state index in [0.717, 1.165) is 34.5 Å². The van der Waals surface area contributed by atoms with Gasteiger partial charge in [-0.1, -0.05) is 0 Å². The lowest BCUT2D eigenvalue weighted by molar-refractivity contribution is 0.628. The van der Waals surface area contributed by atoms with Gasteiger partial charge in [-0.3, -0.25) is 9.67 Å². The SMILES string of the molecule is CCn1cc(-c2cnc(-c3ccc(F)cc3)c(C)c2)cn1. The molecule has 4 heteroatoms. The van der Waals surface area contributed by atoms with Crippen LogP contribution in [0.1, 0.15) is 12.5 Å². The van der Waals surface area contributed by atoms with E-state index >= 15 is 0 Å². The van der Waals surface area contributed by atoms with Crippen molar-refractivity contribution in [1.82, 2.24) is 14.8 Å². The summed E-state index contributed by atoms with van der Waals surface area (Å²) in [6, 6.07) is 8.49. The highest BCUT2D eigenvalue weighted by molar-refractivity contribution is 5.69. The summed E-state index contributed by atoms with van der Waals surface area (Å²) in [5.74, 6) is -0.236. The van der Waals surface area contributed by atoms with Crippen molar-refractivity contribution in [3.63, 3.8) is 0 Å². The second kappa shape index (κ2) is 5.48. The molecular formula is C17H16FN3. The van der Waals surface area contributed by atoms with Crippen LogP contribution in [0, 0.1) is 12.7 Å². The first-order valence-corrected chi connectivity index (χ1v) is 6.93. The number of benzene rings is 1. The summed E-state index contributed by atoms with van der Waals surface area (Å²) in [5.41, 5.74) is 4.95. The summed E-state index contributed by atoms with van der Waals surface area (Å²) in [5, 5.41) is 4.28. The monoisotopic (exact) mass is 281 g/mol. The van der Waals surface area contributed by atoms with E-state index in [1.807, 2.05) is 30.2 Å². The Morgan fingerprint density at radius 2 is 1.81 bits per heavy atom. The fourth-order valence-electron chi connectivity index (χ4n) is 2.33. The Bertz CT molecular complexity index is 760. The molecule has 21 heavy (non-hydrogen) atoms. The summed E-state index contributed by atoms with van der Waals surface area (Å²) in [7, 11) is 0. The highest BCUT2D eigenvalue weighted by atomic mass is 19.1. The first kappa shape index (κ1) is 13.5. The molecule has 3 rings (SSSR count). The molecule has 0 atom stereocenters. The highest BCUT2D eigenvalue weighted by Crippen LogP contribution is 2.26. The Kier molecular flexibility index (Phi) is 3.52. The lowest BCUT2D eigenvalue weighted by atomic mass is 10.0. The van der Waals surface area contributed by atoms with Crippen LogP contribution in [-0.4, -0.2) is 14.8 Å². The van der Waals surface area contributed by atoms with E-state index in [1.54, 1.807) is 12.1 Å². The summed E-state index contributed by atoms with van der Waals surface area (Å²) < 4.78 is 14.9. The maximum absolute atomic E-state index is 13.0. The van der Waals surface area contributed by atoms with Gasteiger partial charge in [-0.15, -0.1) is 0 Å². The van der Waals surface area contributed by atoms with Crippen LogP contribution in [-0.2, 0) is 6.54 Å². The number of hydrogen-bond acceptors (Lipinski definition) is 2. The molecule has 3 aromatic rings. The van der Waals surface area contributed by atoms with E-state index in [9.17, 15) is 4.39 Å². The standard InChI is InChI=1S/C17H16FN3/c1-3-21-11-15(10-20-21)14-8-12(2)17(19-9-14)13-4-6-16(18)7-5-13/h4-11H,3H2,1-2H3. The molecule has 0 spiro atoms. The second-order valence-electron chi connectivity index (χ2n) is 4.98. The fraction of sp³-hybridized carbons (Fsp3) is 0.176. The Morgan fingerprint density at radius 1 is 1.05 bits per heavy atom. The number of pyridine rings is 1. The average molecular weight is 281 g/mol. The predicted octanol–water partition coefficient (Wildman–Crippen LogP) is 4.08. The number of rotatable bonds is 3. The van der Waals surface area contributed by atoms with Crippen molar-refractivity contribution in [2.45, 2.75) is 20.4 Å². The number of hydrogen-bond donors (Lipinski definition) is 0. The smallest absolute Gasteiger partial charge is 0.123 e. The van der Waals surface area contributed by atoms with Crippen LogP contribution in [0.25, 0.3) is 22.4 Å². The van der Waals surface area contributed by atoms with Gasteiger partial charge in [-0.25, -0.2) is 4.39 Å². The largest absolute Gasteiger partial charge is 0.272 e.